The van der Waals surface area contributed by atoms with Gasteiger partial charge in [-0.2, -0.15) is 18.3 Å². The van der Waals surface area contributed by atoms with E-state index >= 15 is 0 Å². The number of likely N-dealkylation sites (N-methyl/N-ethyl adjacent to an activating group) is 1. The summed E-state index contributed by atoms with van der Waals surface area (Å²) in [5.41, 5.74) is 0.565. The third kappa shape index (κ3) is 3.68. The first kappa shape index (κ1) is 19.0. The highest BCUT2D eigenvalue weighted by atomic mass is 19.4. The molecule has 0 saturated carbocycles. The van der Waals surface area contributed by atoms with Crippen molar-refractivity contribution in [1.82, 2.24) is 24.2 Å². The highest BCUT2D eigenvalue weighted by Gasteiger charge is 2.40. The Morgan fingerprint density at radius 3 is 2.52 bits per heavy atom. The lowest BCUT2D eigenvalue weighted by Gasteiger charge is -2.25. The van der Waals surface area contributed by atoms with E-state index in [2.05, 4.69) is 10.1 Å². The average molecular weight is 359 g/mol. The van der Waals surface area contributed by atoms with Crippen molar-refractivity contribution in [2.45, 2.75) is 33.1 Å². The van der Waals surface area contributed by atoms with Crippen LogP contribution in [0.3, 0.4) is 0 Å². The summed E-state index contributed by atoms with van der Waals surface area (Å²) < 4.78 is 41.0. The fraction of sp³-hybridized carbons (Fsp3) is 0.533. The zero-order valence-corrected chi connectivity index (χ0v) is 14.4. The van der Waals surface area contributed by atoms with Gasteiger partial charge in [0.15, 0.2) is 6.10 Å². The highest BCUT2D eigenvalue weighted by Crippen LogP contribution is 2.24. The molecule has 138 valence electrons. The van der Waals surface area contributed by atoms with E-state index in [1.165, 1.54) is 4.68 Å². The first-order valence-corrected chi connectivity index (χ1v) is 7.65. The highest BCUT2D eigenvalue weighted by molar-refractivity contribution is 5.98. The fourth-order valence-electron chi connectivity index (χ4n) is 2.60. The van der Waals surface area contributed by atoms with Crippen molar-refractivity contribution in [3.05, 3.63) is 29.5 Å². The molecule has 2 aromatic heterocycles. The van der Waals surface area contributed by atoms with Crippen LogP contribution in [0.15, 0.2) is 12.4 Å². The monoisotopic (exact) mass is 359 g/mol. The SMILES string of the molecule is CCN(CC(O)C(F)(F)F)C(=O)c1c(C)nn(C)c1-n1ccnc1C. The van der Waals surface area contributed by atoms with Crippen LogP contribution in [0.4, 0.5) is 13.2 Å². The van der Waals surface area contributed by atoms with E-state index in [4.69, 9.17) is 0 Å². The summed E-state index contributed by atoms with van der Waals surface area (Å²) in [7, 11) is 1.64. The van der Waals surface area contributed by atoms with Crippen LogP contribution in [-0.2, 0) is 7.05 Å². The molecule has 0 fully saturated rings. The molecule has 0 aliphatic carbocycles. The molecule has 1 amide bonds. The van der Waals surface area contributed by atoms with E-state index < -0.39 is 24.7 Å². The molecule has 7 nitrogen and oxygen atoms in total. The number of aryl methyl sites for hydroxylation is 3. The van der Waals surface area contributed by atoms with Gasteiger partial charge in [0.2, 0.25) is 0 Å². The summed E-state index contributed by atoms with van der Waals surface area (Å²) in [4.78, 5) is 17.9. The van der Waals surface area contributed by atoms with E-state index in [1.807, 2.05) is 0 Å². The van der Waals surface area contributed by atoms with Gasteiger partial charge in [-0.3, -0.25) is 14.0 Å². The molecular weight excluding hydrogens is 339 g/mol. The number of aliphatic hydroxyl groups excluding tert-OH is 1. The first-order chi connectivity index (χ1) is 11.6. The van der Waals surface area contributed by atoms with Crippen LogP contribution in [0.5, 0.6) is 0 Å². The minimum absolute atomic E-state index is 0.0165. The Kier molecular flexibility index (Phi) is 5.21. The molecule has 2 heterocycles. The molecule has 0 aromatic carbocycles. The lowest BCUT2D eigenvalue weighted by Crippen LogP contribution is -2.44. The molecule has 0 spiro atoms. The van der Waals surface area contributed by atoms with Gasteiger partial charge in [-0.15, -0.1) is 0 Å². The molecule has 1 N–H and O–H groups in total. The van der Waals surface area contributed by atoms with Gasteiger partial charge in [-0.05, 0) is 20.8 Å². The summed E-state index contributed by atoms with van der Waals surface area (Å²) in [6.45, 7) is 4.08. The molecule has 25 heavy (non-hydrogen) atoms. The van der Waals surface area contributed by atoms with Gasteiger partial charge < -0.3 is 10.0 Å². The summed E-state index contributed by atoms with van der Waals surface area (Å²) in [6.07, 6.45) is -4.20. The number of hydrogen-bond donors (Lipinski definition) is 1. The van der Waals surface area contributed by atoms with E-state index in [0.717, 1.165) is 4.90 Å². The summed E-state index contributed by atoms with van der Waals surface area (Å²) >= 11 is 0. The second-order valence-electron chi connectivity index (χ2n) is 5.65. The number of rotatable bonds is 5. The van der Waals surface area contributed by atoms with Crippen molar-refractivity contribution >= 4 is 5.91 Å². The van der Waals surface area contributed by atoms with Crippen LogP contribution in [-0.4, -0.2) is 60.6 Å². The number of aliphatic hydroxyl groups is 1. The Labute approximate surface area is 142 Å². The number of amides is 1. The Balaban J connectivity index is 2.43. The molecule has 2 aromatic rings. The van der Waals surface area contributed by atoms with Gasteiger partial charge in [0.1, 0.15) is 17.2 Å². The Morgan fingerprint density at radius 2 is 2.04 bits per heavy atom. The maximum atomic E-state index is 12.9. The minimum atomic E-state index is -4.79. The van der Waals surface area contributed by atoms with Crippen LogP contribution in [0.25, 0.3) is 5.82 Å². The number of alkyl halides is 3. The quantitative estimate of drug-likeness (QED) is 0.880. The van der Waals surface area contributed by atoms with E-state index in [-0.39, 0.29) is 12.1 Å². The normalized spacial score (nSPS) is 13.1. The number of nitrogens with zero attached hydrogens (tertiary/aromatic N) is 5. The van der Waals surface area contributed by atoms with E-state index in [9.17, 15) is 23.1 Å². The minimum Gasteiger partial charge on any atom is -0.382 e. The molecular formula is C15H20F3N5O2. The van der Waals surface area contributed by atoms with Crippen LogP contribution < -0.4 is 0 Å². The number of hydrogen-bond acceptors (Lipinski definition) is 4. The molecule has 1 unspecified atom stereocenters. The number of halogens is 3. The standard InChI is InChI=1S/C15H20F3N5O2/c1-5-22(8-11(24)15(16,17)18)14(25)12-9(2)20-21(4)13(12)23-7-6-19-10(23)3/h6-7,11,24H,5,8H2,1-4H3. The maximum Gasteiger partial charge on any atom is 0.416 e. The average Bonchev–Trinajstić information content (AvgIpc) is 3.05. The third-order valence-electron chi connectivity index (χ3n) is 3.90. The largest absolute Gasteiger partial charge is 0.416 e. The van der Waals surface area contributed by atoms with Crippen molar-refractivity contribution in [3.8, 4) is 5.82 Å². The second-order valence-corrected chi connectivity index (χ2v) is 5.65. The van der Waals surface area contributed by atoms with Crippen LogP contribution >= 0.6 is 0 Å². The number of imidazole rings is 1. The molecule has 0 radical (unpaired) electrons. The third-order valence-corrected chi connectivity index (χ3v) is 3.90. The maximum absolute atomic E-state index is 12.9. The Morgan fingerprint density at radius 1 is 1.40 bits per heavy atom. The van der Waals surface area contributed by atoms with Gasteiger partial charge in [-0.1, -0.05) is 0 Å². The predicted octanol–water partition coefficient (Wildman–Crippen LogP) is 1.61. The van der Waals surface area contributed by atoms with Crippen molar-refractivity contribution in [3.63, 3.8) is 0 Å². The zero-order valence-electron chi connectivity index (χ0n) is 14.4. The Hall–Kier alpha value is -2.36. The smallest absolute Gasteiger partial charge is 0.382 e. The van der Waals surface area contributed by atoms with Crippen molar-refractivity contribution in [2.75, 3.05) is 13.1 Å². The van der Waals surface area contributed by atoms with Gasteiger partial charge in [0.25, 0.3) is 5.91 Å². The number of aromatic nitrogens is 4. The van der Waals surface area contributed by atoms with Gasteiger partial charge in [0.05, 0.1) is 12.2 Å². The van der Waals surface area contributed by atoms with Crippen LogP contribution in [0.2, 0.25) is 0 Å². The lowest BCUT2D eigenvalue weighted by atomic mass is 10.2. The molecule has 10 heteroatoms. The van der Waals surface area contributed by atoms with Crippen LogP contribution in [0.1, 0.15) is 28.8 Å². The summed E-state index contributed by atoms with van der Waals surface area (Å²) in [5, 5.41) is 13.5. The van der Waals surface area contributed by atoms with Gasteiger partial charge >= 0.3 is 6.18 Å². The molecule has 0 aliphatic heterocycles. The van der Waals surface area contributed by atoms with Crippen molar-refractivity contribution in [1.29, 1.82) is 0 Å². The summed E-state index contributed by atoms with van der Waals surface area (Å²) in [5.74, 6) is 0.396. The van der Waals surface area contributed by atoms with Crippen molar-refractivity contribution < 1.29 is 23.1 Å². The fourth-order valence-corrected chi connectivity index (χ4v) is 2.60. The second kappa shape index (κ2) is 6.87. The molecule has 0 bridgehead atoms. The van der Waals surface area contributed by atoms with E-state index in [1.54, 1.807) is 44.8 Å². The van der Waals surface area contributed by atoms with E-state index in [0.29, 0.717) is 17.3 Å². The Bertz CT molecular complexity index is 766. The topological polar surface area (TPSA) is 76.2 Å². The predicted molar refractivity (Wildman–Crippen MR) is 83.4 cm³/mol. The van der Waals surface area contributed by atoms with Gasteiger partial charge in [0, 0.05) is 26.0 Å². The van der Waals surface area contributed by atoms with Gasteiger partial charge in [-0.25, -0.2) is 4.98 Å². The molecule has 0 aliphatic rings. The van der Waals surface area contributed by atoms with Crippen LogP contribution in [0, 0.1) is 13.8 Å². The first-order valence-electron chi connectivity index (χ1n) is 7.65. The number of carbonyl (C=O) groups is 1. The lowest BCUT2D eigenvalue weighted by molar-refractivity contribution is -0.206. The molecule has 0 saturated heterocycles. The molecule has 1 atom stereocenters. The van der Waals surface area contributed by atoms with Crippen molar-refractivity contribution in [2.24, 2.45) is 7.05 Å². The number of carbonyl (C=O) groups excluding carboxylic acids is 1. The summed E-state index contributed by atoms with van der Waals surface area (Å²) in [6, 6.07) is 0. The zero-order chi connectivity index (χ0) is 18.9. The molecule has 2 rings (SSSR count).